The number of esters is 1. The highest BCUT2D eigenvalue weighted by molar-refractivity contribution is 9.10. The van der Waals surface area contributed by atoms with E-state index in [-0.39, 0.29) is 5.76 Å². The molecule has 0 aliphatic heterocycles. The third kappa shape index (κ3) is 5.88. The zero-order valence-corrected chi connectivity index (χ0v) is 21.1. The lowest BCUT2D eigenvalue weighted by Gasteiger charge is -2.22. The van der Waals surface area contributed by atoms with Gasteiger partial charge in [0.15, 0.2) is 0 Å². The molecule has 0 fully saturated rings. The molecule has 170 valence electrons. The molecule has 4 nitrogen and oxygen atoms in total. The van der Waals surface area contributed by atoms with E-state index in [9.17, 15) is 4.79 Å². The van der Waals surface area contributed by atoms with Gasteiger partial charge in [-0.25, -0.2) is 9.10 Å². The molecule has 0 aliphatic rings. The van der Waals surface area contributed by atoms with Gasteiger partial charge in [-0.2, -0.15) is 0 Å². The largest absolute Gasteiger partial charge is 0.460 e. The maximum absolute atomic E-state index is 12.2. The van der Waals surface area contributed by atoms with Crippen molar-refractivity contribution in [3.63, 3.8) is 0 Å². The third-order valence-corrected chi connectivity index (χ3v) is 7.21. The van der Waals surface area contributed by atoms with Gasteiger partial charge in [-0.15, -0.1) is 0 Å². The van der Waals surface area contributed by atoms with Gasteiger partial charge in [0.1, 0.15) is 5.58 Å². The molecule has 0 saturated heterocycles. The number of nitrogens with zero attached hydrogens (tertiary/aromatic N) is 1. The predicted octanol–water partition coefficient (Wildman–Crippen LogP) is 7.43. The van der Waals surface area contributed by atoms with E-state index in [1.807, 2.05) is 31.2 Å². The third-order valence-electron chi connectivity index (χ3n) is 5.40. The van der Waals surface area contributed by atoms with Crippen molar-refractivity contribution in [1.82, 2.24) is 4.31 Å². The van der Waals surface area contributed by atoms with Gasteiger partial charge in [0.2, 0.25) is 5.76 Å². The first kappa shape index (κ1) is 23.6. The molecular formula is C27H26BrNO3S. The van der Waals surface area contributed by atoms with Crippen molar-refractivity contribution < 1.29 is 13.9 Å². The van der Waals surface area contributed by atoms with Crippen molar-refractivity contribution in [3.05, 3.63) is 99.7 Å². The molecule has 4 rings (SSSR count). The Morgan fingerprint density at radius 2 is 1.82 bits per heavy atom. The van der Waals surface area contributed by atoms with Crippen LogP contribution in [-0.4, -0.2) is 23.4 Å². The second-order valence-corrected chi connectivity index (χ2v) is 9.74. The van der Waals surface area contributed by atoms with E-state index >= 15 is 0 Å². The summed E-state index contributed by atoms with van der Waals surface area (Å²) >= 11 is 5.40. The lowest BCUT2D eigenvalue weighted by atomic mass is 10.1. The van der Waals surface area contributed by atoms with Crippen LogP contribution in [0.1, 0.15) is 34.2 Å². The van der Waals surface area contributed by atoms with Crippen molar-refractivity contribution in [2.75, 3.05) is 13.2 Å². The first-order valence-electron chi connectivity index (χ1n) is 11.0. The molecule has 6 heteroatoms. The zero-order chi connectivity index (χ0) is 23.2. The Balaban J connectivity index is 1.58. The molecule has 1 aromatic heterocycles. The Labute approximate surface area is 207 Å². The number of hydrogen-bond acceptors (Lipinski definition) is 5. The van der Waals surface area contributed by atoms with E-state index in [1.54, 1.807) is 18.9 Å². The molecule has 0 amide bonds. The van der Waals surface area contributed by atoms with Crippen LogP contribution in [0, 0.1) is 6.92 Å². The number of benzene rings is 3. The van der Waals surface area contributed by atoms with E-state index < -0.39 is 5.97 Å². The molecule has 0 spiro atoms. The Bertz CT molecular complexity index is 1240. The van der Waals surface area contributed by atoms with Gasteiger partial charge >= 0.3 is 5.97 Å². The van der Waals surface area contributed by atoms with Crippen molar-refractivity contribution >= 4 is 44.8 Å². The summed E-state index contributed by atoms with van der Waals surface area (Å²) in [6.45, 7) is 5.71. The van der Waals surface area contributed by atoms with Crippen LogP contribution in [0.2, 0.25) is 0 Å². The van der Waals surface area contributed by atoms with Crippen LogP contribution in [-0.2, 0) is 17.7 Å². The minimum atomic E-state index is -0.418. The van der Waals surface area contributed by atoms with E-state index in [1.165, 1.54) is 11.1 Å². The summed E-state index contributed by atoms with van der Waals surface area (Å²) in [4.78, 5) is 13.3. The van der Waals surface area contributed by atoms with E-state index in [4.69, 9.17) is 9.15 Å². The quantitative estimate of drug-likeness (QED) is 0.168. The van der Waals surface area contributed by atoms with Crippen molar-refractivity contribution in [3.8, 4) is 0 Å². The van der Waals surface area contributed by atoms with Crippen molar-refractivity contribution in [2.45, 2.75) is 31.7 Å². The van der Waals surface area contributed by atoms with E-state index in [2.05, 4.69) is 68.8 Å². The summed E-state index contributed by atoms with van der Waals surface area (Å²) in [7, 11) is 0. The monoisotopic (exact) mass is 523 g/mol. The van der Waals surface area contributed by atoms with Gasteiger partial charge in [0.05, 0.1) is 6.61 Å². The molecule has 0 N–H and O–H groups in total. The maximum atomic E-state index is 12.2. The fraction of sp³-hybridized carbons (Fsp3) is 0.222. The number of hydrogen-bond donors (Lipinski definition) is 0. The summed E-state index contributed by atoms with van der Waals surface area (Å²) in [5.41, 5.74) is 4.06. The van der Waals surface area contributed by atoms with Crippen molar-refractivity contribution in [1.29, 1.82) is 0 Å². The average molecular weight is 524 g/mol. The summed E-state index contributed by atoms with van der Waals surface area (Å²) in [6, 6.07) is 24.9. The van der Waals surface area contributed by atoms with Crippen LogP contribution in [0.3, 0.4) is 0 Å². The highest BCUT2D eigenvalue weighted by Crippen LogP contribution is 2.33. The molecule has 0 saturated carbocycles. The number of halogens is 1. The van der Waals surface area contributed by atoms with Crippen molar-refractivity contribution in [2.24, 2.45) is 0 Å². The van der Waals surface area contributed by atoms with Crippen LogP contribution < -0.4 is 0 Å². The molecule has 0 unspecified atom stereocenters. The van der Waals surface area contributed by atoms with Gasteiger partial charge in [-0.05, 0) is 67.6 Å². The Morgan fingerprint density at radius 1 is 1.06 bits per heavy atom. The molecule has 0 radical (unpaired) electrons. The molecule has 1 heterocycles. The predicted molar refractivity (Wildman–Crippen MR) is 137 cm³/mol. The molecular weight excluding hydrogens is 498 g/mol. The van der Waals surface area contributed by atoms with E-state index in [0.717, 1.165) is 39.8 Å². The Kier molecular flexibility index (Phi) is 7.91. The topological polar surface area (TPSA) is 42.7 Å². The van der Waals surface area contributed by atoms with Crippen LogP contribution in [0.4, 0.5) is 0 Å². The van der Waals surface area contributed by atoms with E-state index in [0.29, 0.717) is 12.2 Å². The number of carbonyl (C=O) groups is 1. The van der Waals surface area contributed by atoms with Gasteiger partial charge in [-0.3, -0.25) is 0 Å². The Hall–Kier alpha value is -2.54. The summed E-state index contributed by atoms with van der Waals surface area (Å²) in [6.07, 6.45) is 0.957. The van der Waals surface area contributed by atoms with Crippen LogP contribution in [0.15, 0.2) is 86.6 Å². The van der Waals surface area contributed by atoms with Gasteiger partial charge in [-0.1, -0.05) is 64.5 Å². The normalized spacial score (nSPS) is 11.3. The number of ether oxygens (including phenoxy) is 1. The van der Waals surface area contributed by atoms with Crippen LogP contribution >= 0.6 is 27.9 Å². The molecule has 3 aromatic carbocycles. The zero-order valence-electron chi connectivity index (χ0n) is 18.7. The van der Waals surface area contributed by atoms with Gasteiger partial charge in [0.25, 0.3) is 0 Å². The Morgan fingerprint density at radius 3 is 2.58 bits per heavy atom. The fourth-order valence-corrected chi connectivity index (χ4v) is 5.06. The number of furan rings is 1. The van der Waals surface area contributed by atoms with Gasteiger partial charge in [0, 0.05) is 33.4 Å². The summed E-state index contributed by atoms with van der Waals surface area (Å²) < 4.78 is 14.4. The molecule has 0 aliphatic carbocycles. The van der Waals surface area contributed by atoms with Crippen LogP contribution in [0.25, 0.3) is 11.0 Å². The molecule has 33 heavy (non-hydrogen) atoms. The fourth-order valence-electron chi connectivity index (χ4n) is 3.67. The second-order valence-electron chi connectivity index (χ2n) is 7.72. The first-order valence-corrected chi connectivity index (χ1v) is 12.5. The lowest BCUT2D eigenvalue weighted by molar-refractivity contribution is 0.0491. The maximum Gasteiger partial charge on any atom is 0.374 e. The number of rotatable bonds is 9. The minimum Gasteiger partial charge on any atom is -0.460 e. The highest BCUT2D eigenvalue weighted by Gasteiger charge is 2.19. The smallest absolute Gasteiger partial charge is 0.374 e. The summed E-state index contributed by atoms with van der Waals surface area (Å²) in [5, 5.41) is 0.937. The molecule has 0 atom stereocenters. The minimum absolute atomic E-state index is 0.281. The first-order chi connectivity index (χ1) is 16.0. The second kappa shape index (κ2) is 11.1. The SMILES string of the molecule is CCOC(=O)c1oc2ccc(SN(CCc3ccccc3)Cc3ccccc3Br)cc2c1C. The number of fused-ring (bicyclic) bond motifs is 1. The number of carbonyl (C=O) groups excluding carboxylic acids is 1. The molecule has 0 bridgehead atoms. The standard InChI is InChI=1S/C27H26BrNO3S/c1-3-31-27(30)26-19(2)23-17-22(13-14-25(23)32-26)33-29(16-15-20-9-5-4-6-10-20)18-21-11-7-8-12-24(21)28/h4-14,17H,3,15-16,18H2,1-2H3. The molecule has 4 aromatic rings. The number of aryl methyl sites for hydroxylation is 1. The lowest BCUT2D eigenvalue weighted by Crippen LogP contribution is -2.18. The van der Waals surface area contributed by atoms with Crippen LogP contribution in [0.5, 0.6) is 0 Å². The van der Waals surface area contributed by atoms with Gasteiger partial charge < -0.3 is 9.15 Å². The summed E-state index contributed by atoms with van der Waals surface area (Å²) in [5.74, 6) is -0.137. The highest BCUT2D eigenvalue weighted by atomic mass is 79.9. The average Bonchev–Trinajstić information content (AvgIpc) is 3.16.